The summed E-state index contributed by atoms with van der Waals surface area (Å²) in [4.78, 5) is 4.24. The van der Waals surface area contributed by atoms with Gasteiger partial charge in [-0.3, -0.25) is 0 Å². The second-order valence-electron chi connectivity index (χ2n) is 4.18. The Morgan fingerprint density at radius 2 is 2.40 bits per heavy atom. The lowest BCUT2D eigenvalue weighted by molar-refractivity contribution is 0.536. The first-order valence-electron chi connectivity index (χ1n) is 5.21. The van der Waals surface area contributed by atoms with Gasteiger partial charge in [0.1, 0.15) is 5.82 Å². The van der Waals surface area contributed by atoms with Crippen LogP contribution in [0, 0.1) is 11.8 Å². The lowest BCUT2D eigenvalue weighted by Gasteiger charge is -2.12. The van der Waals surface area contributed by atoms with Crippen molar-refractivity contribution in [1.82, 2.24) is 4.98 Å². The zero-order valence-corrected chi connectivity index (χ0v) is 11.0. The van der Waals surface area contributed by atoms with Crippen molar-refractivity contribution in [3.05, 3.63) is 21.8 Å². The van der Waals surface area contributed by atoms with Crippen molar-refractivity contribution >= 4 is 33.3 Å². The molecule has 1 unspecified atom stereocenters. The standard InChI is InChI=1S/C11H14BrClN2/c1-7(8-2-3-8)5-14-11-10(13)4-9(12)6-15-11/h4,6-8H,2-3,5H2,1H3,(H,14,15). The molecule has 1 fully saturated rings. The number of rotatable bonds is 4. The smallest absolute Gasteiger partial charge is 0.144 e. The molecule has 82 valence electrons. The first-order valence-corrected chi connectivity index (χ1v) is 6.39. The number of nitrogens with zero attached hydrogens (tertiary/aromatic N) is 1. The van der Waals surface area contributed by atoms with Crippen LogP contribution in [-0.4, -0.2) is 11.5 Å². The van der Waals surface area contributed by atoms with Gasteiger partial charge in [-0.2, -0.15) is 0 Å². The Morgan fingerprint density at radius 1 is 1.67 bits per heavy atom. The van der Waals surface area contributed by atoms with Gasteiger partial charge in [0.15, 0.2) is 0 Å². The van der Waals surface area contributed by atoms with Crippen LogP contribution in [0.5, 0.6) is 0 Å². The summed E-state index contributed by atoms with van der Waals surface area (Å²) in [5.74, 6) is 2.41. The Morgan fingerprint density at radius 3 is 3.00 bits per heavy atom. The molecule has 0 spiro atoms. The lowest BCUT2D eigenvalue weighted by Crippen LogP contribution is -2.13. The minimum atomic E-state index is 0.673. The molecule has 0 saturated heterocycles. The summed E-state index contributed by atoms with van der Waals surface area (Å²) < 4.78 is 0.910. The molecule has 0 aliphatic heterocycles. The van der Waals surface area contributed by atoms with Crippen molar-refractivity contribution in [2.45, 2.75) is 19.8 Å². The third-order valence-electron chi connectivity index (χ3n) is 2.83. The molecule has 1 aliphatic rings. The molecule has 0 amide bonds. The molecule has 1 aromatic rings. The van der Waals surface area contributed by atoms with Crippen LogP contribution in [0.15, 0.2) is 16.7 Å². The van der Waals surface area contributed by atoms with E-state index in [-0.39, 0.29) is 0 Å². The van der Waals surface area contributed by atoms with Gasteiger partial charge in [-0.1, -0.05) is 18.5 Å². The van der Waals surface area contributed by atoms with Crippen molar-refractivity contribution in [1.29, 1.82) is 0 Å². The van der Waals surface area contributed by atoms with Crippen LogP contribution < -0.4 is 5.32 Å². The molecule has 0 bridgehead atoms. The van der Waals surface area contributed by atoms with E-state index in [9.17, 15) is 0 Å². The number of halogens is 2. The van der Waals surface area contributed by atoms with E-state index >= 15 is 0 Å². The fourth-order valence-corrected chi connectivity index (χ4v) is 2.33. The van der Waals surface area contributed by atoms with Gasteiger partial charge in [0.25, 0.3) is 0 Å². The van der Waals surface area contributed by atoms with Gasteiger partial charge in [0.05, 0.1) is 5.02 Å². The second kappa shape index (κ2) is 4.71. The van der Waals surface area contributed by atoms with Gasteiger partial charge in [0.2, 0.25) is 0 Å². The van der Waals surface area contributed by atoms with Crippen molar-refractivity contribution < 1.29 is 0 Å². The summed E-state index contributed by atoms with van der Waals surface area (Å²) in [6, 6.07) is 1.86. The molecule has 0 aromatic carbocycles. The molecule has 1 atom stereocenters. The van der Waals surface area contributed by atoms with Crippen molar-refractivity contribution in [3.8, 4) is 0 Å². The van der Waals surface area contributed by atoms with Gasteiger partial charge < -0.3 is 5.32 Å². The SMILES string of the molecule is CC(CNc1ncc(Br)cc1Cl)C1CC1. The topological polar surface area (TPSA) is 24.9 Å². The molecule has 4 heteroatoms. The Hall–Kier alpha value is -0.280. The van der Waals surface area contributed by atoms with Gasteiger partial charge >= 0.3 is 0 Å². The van der Waals surface area contributed by atoms with E-state index in [4.69, 9.17) is 11.6 Å². The molecule has 1 aliphatic carbocycles. The Labute approximate surface area is 104 Å². The molecule has 1 aromatic heterocycles. The average Bonchev–Trinajstić information content (AvgIpc) is 2.99. The summed E-state index contributed by atoms with van der Waals surface area (Å²) in [6.45, 7) is 3.23. The van der Waals surface area contributed by atoms with Crippen molar-refractivity contribution in [3.63, 3.8) is 0 Å². The van der Waals surface area contributed by atoms with E-state index in [0.717, 1.165) is 22.8 Å². The highest BCUT2D eigenvalue weighted by Crippen LogP contribution is 2.36. The predicted molar refractivity (Wildman–Crippen MR) is 67.3 cm³/mol. The lowest BCUT2D eigenvalue weighted by atomic mass is 10.1. The van der Waals surface area contributed by atoms with Gasteiger partial charge in [-0.25, -0.2) is 4.98 Å². The van der Waals surface area contributed by atoms with Crippen molar-refractivity contribution in [2.24, 2.45) is 11.8 Å². The van der Waals surface area contributed by atoms with Gasteiger partial charge in [-0.05, 0) is 46.7 Å². The highest BCUT2D eigenvalue weighted by Gasteiger charge is 2.27. The monoisotopic (exact) mass is 288 g/mol. The molecule has 2 nitrogen and oxygen atoms in total. The Bertz CT molecular complexity index is 352. The number of aromatic nitrogens is 1. The maximum absolute atomic E-state index is 6.05. The zero-order valence-electron chi connectivity index (χ0n) is 8.63. The Balaban J connectivity index is 1.92. The van der Waals surface area contributed by atoms with Crippen LogP contribution in [0.2, 0.25) is 5.02 Å². The van der Waals surface area contributed by atoms with E-state index in [1.54, 1.807) is 6.20 Å². The largest absolute Gasteiger partial charge is 0.369 e. The van der Waals surface area contributed by atoms with E-state index in [1.165, 1.54) is 12.8 Å². The summed E-state index contributed by atoms with van der Waals surface area (Å²) in [7, 11) is 0. The van der Waals surface area contributed by atoms with Crippen LogP contribution in [0.25, 0.3) is 0 Å². The van der Waals surface area contributed by atoms with Crippen molar-refractivity contribution in [2.75, 3.05) is 11.9 Å². The number of nitrogens with one attached hydrogen (secondary N) is 1. The third kappa shape index (κ3) is 3.08. The maximum Gasteiger partial charge on any atom is 0.144 e. The number of hydrogen-bond acceptors (Lipinski definition) is 2. The number of anilines is 1. The zero-order chi connectivity index (χ0) is 10.8. The molecular formula is C11H14BrClN2. The van der Waals surface area contributed by atoms with E-state index in [1.807, 2.05) is 6.07 Å². The van der Waals surface area contributed by atoms with E-state index in [2.05, 4.69) is 33.2 Å². The molecule has 15 heavy (non-hydrogen) atoms. The average molecular weight is 290 g/mol. The number of hydrogen-bond donors (Lipinski definition) is 1. The predicted octanol–water partition coefficient (Wildman–Crippen LogP) is 3.96. The molecule has 2 rings (SSSR count). The van der Waals surface area contributed by atoms with Crippen LogP contribution in [0.1, 0.15) is 19.8 Å². The number of pyridine rings is 1. The van der Waals surface area contributed by atoms with E-state index in [0.29, 0.717) is 10.9 Å². The fourth-order valence-electron chi connectivity index (χ4n) is 1.63. The van der Waals surface area contributed by atoms with Gasteiger partial charge in [-0.15, -0.1) is 0 Å². The third-order valence-corrected chi connectivity index (χ3v) is 3.55. The van der Waals surface area contributed by atoms with Crippen LogP contribution in [0.3, 0.4) is 0 Å². The minimum Gasteiger partial charge on any atom is -0.369 e. The molecule has 1 N–H and O–H groups in total. The summed E-state index contributed by atoms with van der Waals surface area (Å²) >= 11 is 9.39. The second-order valence-corrected chi connectivity index (χ2v) is 5.50. The van der Waals surface area contributed by atoms with E-state index < -0.39 is 0 Å². The quantitative estimate of drug-likeness (QED) is 0.907. The fraction of sp³-hybridized carbons (Fsp3) is 0.545. The van der Waals surface area contributed by atoms with Gasteiger partial charge in [0, 0.05) is 17.2 Å². The maximum atomic E-state index is 6.05. The van der Waals surface area contributed by atoms with Crippen LogP contribution >= 0.6 is 27.5 Å². The van der Waals surface area contributed by atoms with Crippen LogP contribution in [-0.2, 0) is 0 Å². The summed E-state index contributed by atoms with van der Waals surface area (Å²) in [5.41, 5.74) is 0. The molecule has 1 heterocycles. The molecule has 0 radical (unpaired) electrons. The first-order chi connectivity index (χ1) is 7.16. The normalized spacial score (nSPS) is 17.5. The highest BCUT2D eigenvalue weighted by molar-refractivity contribution is 9.10. The van der Waals surface area contributed by atoms with Crippen LogP contribution in [0.4, 0.5) is 5.82 Å². The Kier molecular flexibility index (Phi) is 3.52. The minimum absolute atomic E-state index is 0.673. The highest BCUT2D eigenvalue weighted by atomic mass is 79.9. The summed E-state index contributed by atoms with van der Waals surface area (Å²) in [6.07, 6.45) is 4.52. The molecular weight excluding hydrogens is 275 g/mol. The molecule has 1 saturated carbocycles. The summed E-state index contributed by atoms with van der Waals surface area (Å²) in [5, 5.41) is 3.97. The first kappa shape index (κ1) is 11.2.